The molecule has 0 bridgehead atoms. The summed E-state index contributed by atoms with van der Waals surface area (Å²) in [5.41, 5.74) is 6.09. The minimum atomic E-state index is -0.420. The Hall–Kier alpha value is -2.28. The van der Waals surface area contributed by atoms with Gasteiger partial charge in [0.2, 0.25) is 0 Å². The molecule has 0 amide bonds. The van der Waals surface area contributed by atoms with Gasteiger partial charge in [0.1, 0.15) is 5.82 Å². The number of aromatic nitrogens is 3. The molecule has 0 aliphatic carbocycles. The maximum absolute atomic E-state index is 11.1. The van der Waals surface area contributed by atoms with Crippen LogP contribution in [0.3, 0.4) is 0 Å². The van der Waals surface area contributed by atoms with Gasteiger partial charge in [-0.05, 0) is 19.9 Å². The van der Waals surface area contributed by atoms with Gasteiger partial charge in [-0.2, -0.15) is 0 Å². The first-order chi connectivity index (χ1) is 9.06. The second kappa shape index (κ2) is 5.15. The van der Waals surface area contributed by atoms with Crippen LogP contribution in [0.1, 0.15) is 25.7 Å². The number of hydrogen-bond donors (Lipinski definition) is 1. The number of nitrogens with two attached hydrogens (primary N) is 1. The zero-order chi connectivity index (χ0) is 14.0. The van der Waals surface area contributed by atoms with Crippen LogP contribution in [0.2, 0.25) is 0 Å². The van der Waals surface area contributed by atoms with Crippen molar-refractivity contribution in [1.29, 1.82) is 0 Å². The highest BCUT2D eigenvalue weighted by Crippen LogP contribution is 2.30. The lowest BCUT2D eigenvalue weighted by Crippen LogP contribution is -2.12. The summed E-state index contributed by atoms with van der Waals surface area (Å²) in [7, 11) is 0. The van der Waals surface area contributed by atoms with E-state index in [9.17, 15) is 10.1 Å². The van der Waals surface area contributed by atoms with Crippen molar-refractivity contribution in [3.63, 3.8) is 0 Å². The molecule has 7 heteroatoms. The maximum Gasteiger partial charge on any atom is 0.280 e. The highest BCUT2D eigenvalue weighted by atomic mass is 16.6. The molecule has 7 nitrogen and oxygen atoms in total. The van der Waals surface area contributed by atoms with Crippen molar-refractivity contribution < 1.29 is 4.92 Å². The van der Waals surface area contributed by atoms with E-state index in [2.05, 4.69) is 10.2 Å². The van der Waals surface area contributed by atoms with Crippen molar-refractivity contribution in [2.45, 2.75) is 26.4 Å². The third-order valence-electron chi connectivity index (χ3n) is 2.81. The Morgan fingerprint density at radius 3 is 2.63 bits per heavy atom. The van der Waals surface area contributed by atoms with Gasteiger partial charge in [-0.25, -0.2) is 0 Å². The van der Waals surface area contributed by atoms with E-state index in [-0.39, 0.29) is 18.3 Å². The fourth-order valence-electron chi connectivity index (χ4n) is 2.01. The average Bonchev–Trinajstić information content (AvgIpc) is 2.82. The van der Waals surface area contributed by atoms with Gasteiger partial charge in [-0.3, -0.25) is 10.1 Å². The van der Waals surface area contributed by atoms with Crippen LogP contribution in [0.25, 0.3) is 11.4 Å². The summed E-state index contributed by atoms with van der Waals surface area (Å²) < 4.78 is 1.82. The first-order valence-corrected chi connectivity index (χ1v) is 5.94. The van der Waals surface area contributed by atoms with E-state index in [1.165, 1.54) is 6.07 Å². The Balaban J connectivity index is 2.66. The van der Waals surface area contributed by atoms with Crippen LogP contribution in [-0.2, 0) is 6.54 Å². The summed E-state index contributed by atoms with van der Waals surface area (Å²) in [6, 6.07) is 6.56. The molecule has 0 unspecified atom stereocenters. The number of rotatable bonds is 4. The van der Waals surface area contributed by atoms with E-state index >= 15 is 0 Å². The summed E-state index contributed by atoms with van der Waals surface area (Å²) >= 11 is 0. The molecule has 0 fully saturated rings. The zero-order valence-corrected chi connectivity index (χ0v) is 10.8. The summed E-state index contributed by atoms with van der Waals surface area (Å²) in [6.45, 7) is 4.16. The van der Waals surface area contributed by atoms with Crippen LogP contribution in [0, 0.1) is 10.1 Å². The largest absolute Gasteiger partial charge is 0.324 e. The van der Waals surface area contributed by atoms with Crippen LogP contribution >= 0.6 is 0 Å². The molecule has 1 heterocycles. The first kappa shape index (κ1) is 13.2. The molecular weight excluding hydrogens is 246 g/mol. The van der Waals surface area contributed by atoms with Crippen LogP contribution in [0.4, 0.5) is 5.69 Å². The van der Waals surface area contributed by atoms with Crippen molar-refractivity contribution in [2.24, 2.45) is 5.73 Å². The molecule has 2 rings (SSSR count). The number of nitro groups is 1. The predicted molar refractivity (Wildman–Crippen MR) is 70.4 cm³/mol. The Morgan fingerprint density at radius 2 is 2.05 bits per heavy atom. The molecule has 100 valence electrons. The van der Waals surface area contributed by atoms with Gasteiger partial charge in [-0.1, -0.05) is 12.1 Å². The summed E-state index contributed by atoms with van der Waals surface area (Å²) in [5, 5.41) is 19.1. The predicted octanol–water partition coefficient (Wildman–Crippen LogP) is 1.89. The molecule has 2 aromatic rings. The lowest BCUT2D eigenvalue weighted by atomic mass is 10.1. The Bertz CT molecular complexity index is 606. The van der Waals surface area contributed by atoms with E-state index in [0.717, 1.165) is 0 Å². The molecule has 0 radical (unpaired) electrons. The third kappa shape index (κ3) is 2.32. The number of benzene rings is 1. The topological polar surface area (TPSA) is 99.9 Å². The van der Waals surface area contributed by atoms with Crippen molar-refractivity contribution >= 4 is 5.69 Å². The lowest BCUT2D eigenvalue weighted by molar-refractivity contribution is -0.384. The van der Waals surface area contributed by atoms with Gasteiger partial charge in [0.05, 0.1) is 17.0 Å². The molecule has 2 N–H and O–H groups in total. The van der Waals surface area contributed by atoms with Gasteiger partial charge < -0.3 is 10.3 Å². The summed E-state index contributed by atoms with van der Waals surface area (Å²) in [4.78, 5) is 10.7. The highest BCUT2D eigenvalue weighted by Gasteiger charge is 2.22. The second-order valence-corrected chi connectivity index (χ2v) is 4.38. The van der Waals surface area contributed by atoms with Gasteiger partial charge in [0.25, 0.3) is 5.69 Å². The SMILES string of the molecule is CC(C)n1c(CN)nnc1-c1ccccc1[N+](=O)[O-]. The van der Waals surface area contributed by atoms with E-state index in [1.807, 2.05) is 18.4 Å². The van der Waals surface area contributed by atoms with E-state index in [0.29, 0.717) is 17.2 Å². The van der Waals surface area contributed by atoms with E-state index < -0.39 is 4.92 Å². The van der Waals surface area contributed by atoms with Crippen molar-refractivity contribution in [3.8, 4) is 11.4 Å². The molecule has 0 aliphatic heterocycles. The van der Waals surface area contributed by atoms with Crippen molar-refractivity contribution in [3.05, 3.63) is 40.2 Å². The quantitative estimate of drug-likeness (QED) is 0.669. The Kier molecular flexibility index (Phi) is 3.57. The molecule has 0 atom stereocenters. The van der Waals surface area contributed by atoms with Crippen molar-refractivity contribution in [2.75, 3.05) is 0 Å². The molecule has 19 heavy (non-hydrogen) atoms. The second-order valence-electron chi connectivity index (χ2n) is 4.38. The van der Waals surface area contributed by atoms with Gasteiger partial charge in [-0.15, -0.1) is 10.2 Å². The van der Waals surface area contributed by atoms with Gasteiger partial charge in [0.15, 0.2) is 5.82 Å². The fourth-order valence-corrected chi connectivity index (χ4v) is 2.01. The molecule has 0 aliphatic rings. The van der Waals surface area contributed by atoms with Crippen LogP contribution < -0.4 is 5.73 Å². The normalized spacial score (nSPS) is 10.9. The highest BCUT2D eigenvalue weighted by molar-refractivity contribution is 5.68. The van der Waals surface area contributed by atoms with Gasteiger partial charge >= 0.3 is 0 Å². The maximum atomic E-state index is 11.1. The van der Waals surface area contributed by atoms with E-state index in [4.69, 9.17) is 5.73 Å². The monoisotopic (exact) mass is 261 g/mol. The Labute approximate surface area is 110 Å². The van der Waals surface area contributed by atoms with Crippen LogP contribution in [0.15, 0.2) is 24.3 Å². The van der Waals surface area contributed by atoms with E-state index in [1.54, 1.807) is 18.2 Å². The van der Waals surface area contributed by atoms with Crippen molar-refractivity contribution in [1.82, 2.24) is 14.8 Å². The molecule has 1 aromatic carbocycles. The molecule has 0 spiro atoms. The third-order valence-corrected chi connectivity index (χ3v) is 2.81. The fraction of sp³-hybridized carbons (Fsp3) is 0.333. The Morgan fingerprint density at radius 1 is 1.37 bits per heavy atom. The summed E-state index contributed by atoms with van der Waals surface area (Å²) in [6.07, 6.45) is 0. The standard InChI is InChI=1S/C12H15N5O2/c1-8(2)16-11(7-13)14-15-12(16)9-5-3-4-6-10(9)17(18)19/h3-6,8H,7,13H2,1-2H3. The van der Waals surface area contributed by atoms with Gasteiger partial charge in [0, 0.05) is 12.1 Å². The number of hydrogen-bond acceptors (Lipinski definition) is 5. The van der Waals surface area contributed by atoms with Crippen LogP contribution in [-0.4, -0.2) is 19.7 Å². The molecular formula is C12H15N5O2. The van der Waals surface area contributed by atoms with Crippen LogP contribution in [0.5, 0.6) is 0 Å². The minimum absolute atomic E-state index is 0.0142. The first-order valence-electron chi connectivity index (χ1n) is 5.94. The summed E-state index contributed by atoms with van der Waals surface area (Å²) in [5.74, 6) is 1.09. The minimum Gasteiger partial charge on any atom is -0.324 e. The zero-order valence-electron chi connectivity index (χ0n) is 10.8. The lowest BCUT2D eigenvalue weighted by Gasteiger charge is -2.13. The smallest absolute Gasteiger partial charge is 0.280 e. The number of para-hydroxylation sites is 1. The number of nitrogens with zero attached hydrogens (tertiary/aromatic N) is 4. The number of nitro benzene ring substituents is 1. The molecule has 0 saturated heterocycles. The average molecular weight is 261 g/mol. The molecule has 1 aromatic heterocycles. The molecule has 0 saturated carbocycles.